The molecule has 0 aromatic heterocycles. The summed E-state index contributed by atoms with van der Waals surface area (Å²) < 4.78 is 11.9. The highest BCUT2D eigenvalue weighted by Gasteiger charge is 2.73. The number of aliphatic hydroxyl groups excluding tert-OH is 6. The minimum Gasteiger partial charge on any atom is -0.394 e. The molecule has 11 heteroatoms. The predicted octanol–water partition coefficient (Wildman–Crippen LogP) is 2.76. The molecule has 47 heavy (non-hydrogen) atoms. The van der Waals surface area contributed by atoms with Crippen LogP contribution in [0.15, 0.2) is 12.2 Å². The summed E-state index contributed by atoms with van der Waals surface area (Å²) in [5.74, 6) is 0.388. The predicted molar refractivity (Wildman–Crippen MR) is 173 cm³/mol. The molecular weight excluding hydrogens is 608 g/mol. The van der Waals surface area contributed by atoms with Crippen LogP contribution in [0.3, 0.4) is 0 Å². The monoisotopic (exact) mass is 670 g/mol. The Labute approximate surface area is 279 Å². The van der Waals surface area contributed by atoms with Gasteiger partial charge in [-0.2, -0.15) is 0 Å². The Hall–Kier alpha value is -0.700. The van der Waals surface area contributed by atoms with Gasteiger partial charge in [0.25, 0.3) is 0 Å². The zero-order chi connectivity index (χ0) is 35.1. The Kier molecular flexibility index (Phi) is 10.2. The topological polar surface area (TPSA) is 190 Å². The van der Waals surface area contributed by atoms with Crippen LogP contribution in [-0.4, -0.2) is 108 Å². The van der Waals surface area contributed by atoms with Gasteiger partial charge in [-0.25, -0.2) is 4.89 Å². The van der Waals surface area contributed by atoms with Gasteiger partial charge in [0.15, 0.2) is 6.29 Å². The van der Waals surface area contributed by atoms with Crippen molar-refractivity contribution in [1.29, 1.82) is 0 Å². The molecule has 4 saturated carbocycles. The molecule has 1 saturated heterocycles. The molecule has 1 aliphatic heterocycles. The van der Waals surface area contributed by atoms with Crippen LogP contribution in [0.4, 0.5) is 0 Å². The van der Waals surface area contributed by atoms with E-state index in [-0.39, 0.29) is 34.5 Å². The third-order valence-electron chi connectivity index (χ3n) is 15.0. The van der Waals surface area contributed by atoms with Crippen molar-refractivity contribution in [3.63, 3.8) is 0 Å². The zero-order valence-electron chi connectivity index (χ0n) is 29.4. The van der Waals surface area contributed by atoms with Crippen LogP contribution in [0.2, 0.25) is 0 Å². The average Bonchev–Trinajstić information content (AvgIpc) is 3.37. The van der Waals surface area contributed by atoms with Crippen LogP contribution in [-0.2, 0) is 14.4 Å². The normalized spacial score (nSPS) is 51.3. The Morgan fingerprint density at radius 2 is 1.53 bits per heavy atom. The van der Waals surface area contributed by atoms with Crippen LogP contribution in [0.1, 0.15) is 99.8 Å². The van der Waals surface area contributed by atoms with E-state index in [4.69, 9.17) is 9.47 Å². The second-order valence-electron chi connectivity index (χ2n) is 17.5. The van der Waals surface area contributed by atoms with Crippen molar-refractivity contribution in [2.45, 2.75) is 161 Å². The molecule has 5 rings (SSSR count). The van der Waals surface area contributed by atoms with Crippen molar-refractivity contribution in [1.82, 2.24) is 0 Å². The summed E-state index contributed by atoms with van der Waals surface area (Å²) in [6.45, 7) is 17.9. The molecule has 0 aromatic rings. The van der Waals surface area contributed by atoms with Crippen molar-refractivity contribution in [3.8, 4) is 0 Å². The molecule has 272 valence electrons. The molecule has 17 atom stereocenters. The second-order valence-corrected chi connectivity index (χ2v) is 17.5. The number of ether oxygens (including phenoxy) is 2. The van der Waals surface area contributed by atoms with Crippen molar-refractivity contribution < 1.29 is 55.4 Å². The van der Waals surface area contributed by atoms with Crippen LogP contribution in [0.5, 0.6) is 0 Å². The standard InChI is InChI=1S/C36H62O11/c1-18(2)21(47-44)12-16-35(7,43)20-11-14-33(5)19(20)9-10-24-34(33,6)15-13-23-32(3,4)30(28(41)29(42)36(23,24)8)46-31-27(40)26(39)25(38)22(17-37)45-31/h19-31,37-44H,1,9-17H2,2-8H3. The molecule has 0 aromatic carbocycles. The van der Waals surface area contributed by atoms with Gasteiger partial charge in [-0.1, -0.05) is 41.2 Å². The Morgan fingerprint density at radius 3 is 2.13 bits per heavy atom. The second kappa shape index (κ2) is 12.8. The lowest BCUT2D eigenvalue weighted by Gasteiger charge is -2.71. The highest BCUT2D eigenvalue weighted by molar-refractivity contribution is 5.21. The van der Waals surface area contributed by atoms with E-state index in [0.717, 1.165) is 44.1 Å². The Bertz CT molecular complexity index is 1140. The molecule has 0 bridgehead atoms. The maximum atomic E-state index is 12.1. The van der Waals surface area contributed by atoms with Crippen molar-refractivity contribution in [2.75, 3.05) is 6.61 Å². The zero-order valence-corrected chi connectivity index (χ0v) is 29.4. The van der Waals surface area contributed by atoms with Gasteiger partial charge in [-0.05, 0) is 111 Å². The molecule has 1 heterocycles. The van der Waals surface area contributed by atoms with E-state index >= 15 is 0 Å². The smallest absolute Gasteiger partial charge is 0.187 e. The van der Waals surface area contributed by atoms with Gasteiger partial charge in [-0.3, -0.25) is 5.26 Å². The molecule has 5 aliphatic rings. The lowest BCUT2D eigenvalue weighted by Crippen LogP contribution is -2.73. The fourth-order valence-corrected chi connectivity index (χ4v) is 12.1. The van der Waals surface area contributed by atoms with Gasteiger partial charge in [0.2, 0.25) is 0 Å². The van der Waals surface area contributed by atoms with Crippen LogP contribution in [0, 0.1) is 45.3 Å². The van der Waals surface area contributed by atoms with E-state index in [2.05, 4.69) is 32.2 Å². The lowest BCUT2D eigenvalue weighted by atomic mass is 9.34. The van der Waals surface area contributed by atoms with E-state index in [9.17, 15) is 41.0 Å². The van der Waals surface area contributed by atoms with Crippen LogP contribution < -0.4 is 0 Å². The van der Waals surface area contributed by atoms with E-state index < -0.39 is 78.2 Å². The Balaban J connectivity index is 1.39. The first-order valence-corrected chi connectivity index (χ1v) is 17.7. The molecule has 0 spiro atoms. The molecule has 0 radical (unpaired) electrons. The summed E-state index contributed by atoms with van der Waals surface area (Å²) in [5.41, 5.74) is -1.83. The summed E-state index contributed by atoms with van der Waals surface area (Å²) in [6, 6.07) is 0. The molecule has 5 fully saturated rings. The van der Waals surface area contributed by atoms with Gasteiger partial charge in [0, 0.05) is 5.41 Å². The van der Waals surface area contributed by atoms with E-state index in [0.29, 0.717) is 12.8 Å². The van der Waals surface area contributed by atoms with Crippen molar-refractivity contribution in [3.05, 3.63) is 12.2 Å². The number of hydrogen-bond acceptors (Lipinski definition) is 11. The van der Waals surface area contributed by atoms with Crippen molar-refractivity contribution >= 4 is 0 Å². The summed E-state index contributed by atoms with van der Waals surface area (Å²) >= 11 is 0. The van der Waals surface area contributed by atoms with Crippen LogP contribution >= 0.6 is 0 Å². The molecule has 4 aliphatic carbocycles. The summed E-state index contributed by atoms with van der Waals surface area (Å²) in [5, 5.41) is 86.2. The van der Waals surface area contributed by atoms with Gasteiger partial charge < -0.3 is 45.2 Å². The largest absolute Gasteiger partial charge is 0.394 e. The minimum absolute atomic E-state index is 0.0561. The van der Waals surface area contributed by atoms with Crippen LogP contribution in [0.25, 0.3) is 0 Å². The highest BCUT2D eigenvalue weighted by atomic mass is 17.1. The fraction of sp³-hybridized carbons (Fsp3) is 0.944. The first-order valence-electron chi connectivity index (χ1n) is 17.7. The maximum absolute atomic E-state index is 12.1. The summed E-state index contributed by atoms with van der Waals surface area (Å²) in [7, 11) is 0. The number of hydrogen-bond donors (Lipinski definition) is 8. The molecule has 0 amide bonds. The molecule has 17 unspecified atom stereocenters. The van der Waals surface area contributed by atoms with Gasteiger partial charge >= 0.3 is 0 Å². The quantitative estimate of drug-likeness (QED) is 0.0780. The highest BCUT2D eigenvalue weighted by Crippen LogP contribution is 2.76. The first kappa shape index (κ1) is 37.6. The van der Waals surface area contributed by atoms with Gasteiger partial charge in [0.1, 0.15) is 36.6 Å². The lowest BCUT2D eigenvalue weighted by molar-refractivity contribution is -0.355. The molecule has 8 N–H and O–H groups in total. The van der Waals surface area contributed by atoms with Crippen molar-refractivity contribution in [2.24, 2.45) is 45.3 Å². The number of fused-ring (bicyclic) bond motifs is 5. The van der Waals surface area contributed by atoms with E-state index in [1.165, 1.54) is 0 Å². The number of rotatable bonds is 9. The summed E-state index contributed by atoms with van der Waals surface area (Å²) in [6.07, 6.45) is -4.99. The van der Waals surface area contributed by atoms with E-state index in [1.807, 2.05) is 27.7 Å². The number of aliphatic hydroxyl groups is 7. The van der Waals surface area contributed by atoms with Gasteiger partial charge in [0.05, 0.1) is 24.4 Å². The third kappa shape index (κ3) is 5.59. The third-order valence-corrected chi connectivity index (χ3v) is 15.0. The fourth-order valence-electron chi connectivity index (χ4n) is 12.1. The first-order chi connectivity index (χ1) is 21.7. The molecular formula is C36H62O11. The molecule has 11 nitrogen and oxygen atoms in total. The van der Waals surface area contributed by atoms with Gasteiger partial charge in [-0.15, -0.1) is 0 Å². The Morgan fingerprint density at radius 1 is 0.894 bits per heavy atom. The SMILES string of the molecule is C=C(C)C(CCC(C)(O)C1CCC2(C)C1CCC1C3(C)C(O)C(O)C(OC4OC(CO)C(O)C(O)C4O)C(C)(C)C3CCC12C)OO. The minimum atomic E-state index is -1.61. The maximum Gasteiger partial charge on any atom is 0.187 e. The summed E-state index contributed by atoms with van der Waals surface area (Å²) in [4.78, 5) is 4.64. The average molecular weight is 671 g/mol. The van der Waals surface area contributed by atoms with E-state index in [1.54, 1.807) is 0 Å².